The van der Waals surface area contributed by atoms with Crippen LogP contribution in [0.15, 0.2) is 23.8 Å². The lowest BCUT2D eigenvalue weighted by Crippen LogP contribution is -2.45. The predicted molar refractivity (Wildman–Crippen MR) is 77.7 cm³/mol. The molecule has 1 fully saturated rings. The smallest absolute Gasteiger partial charge is 0.407 e. The van der Waals surface area contributed by atoms with Gasteiger partial charge < -0.3 is 25.5 Å². The van der Waals surface area contributed by atoms with Gasteiger partial charge in [-0.1, -0.05) is 18.2 Å². The molecule has 0 saturated carbocycles. The summed E-state index contributed by atoms with van der Waals surface area (Å²) < 4.78 is 0. The first-order chi connectivity index (χ1) is 10.3. The number of aliphatic carboxylic acids is 2. The SMILES string of the molecule is CC1(C(=O)O)C=CC=C(C(=O)O)C1.O=C(O)N1CCNCC1. The van der Waals surface area contributed by atoms with Gasteiger partial charge in [-0.25, -0.2) is 9.59 Å². The van der Waals surface area contributed by atoms with Gasteiger partial charge in [0.1, 0.15) is 0 Å². The standard InChI is InChI=1S/C9H10O4.C5H10N2O2/c1-9(8(12)13)4-2-3-6(5-9)7(10)11;8-5(9)7-3-1-6-2-4-7/h2-4H,5H2,1H3,(H,10,11)(H,12,13);6H,1-4H2,(H,8,9). The minimum Gasteiger partial charge on any atom is -0.481 e. The lowest BCUT2D eigenvalue weighted by Gasteiger charge is -2.23. The summed E-state index contributed by atoms with van der Waals surface area (Å²) in [6, 6.07) is 0. The zero-order chi connectivity index (χ0) is 16.8. The molecule has 122 valence electrons. The van der Waals surface area contributed by atoms with Crippen LogP contribution in [-0.2, 0) is 9.59 Å². The maximum absolute atomic E-state index is 10.8. The average molecular weight is 312 g/mol. The molecule has 4 N–H and O–H groups in total. The van der Waals surface area contributed by atoms with Crippen LogP contribution in [0.3, 0.4) is 0 Å². The van der Waals surface area contributed by atoms with E-state index in [-0.39, 0.29) is 12.0 Å². The summed E-state index contributed by atoms with van der Waals surface area (Å²) in [5, 5.41) is 29.0. The van der Waals surface area contributed by atoms with E-state index in [0.29, 0.717) is 13.1 Å². The van der Waals surface area contributed by atoms with Gasteiger partial charge in [-0.2, -0.15) is 0 Å². The Morgan fingerprint density at radius 3 is 2.18 bits per heavy atom. The van der Waals surface area contributed by atoms with Crippen LogP contribution in [0, 0.1) is 5.41 Å². The predicted octanol–water partition coefficient (Wildman–Crippen LogP) is 0.618. The molecule has 1 amide bonds. The highest BCUT2D eigenvalue weighted by Gasteiger charge is 2.34. The highest BCUT2D eigenvalue weighted by Crippen LogP contribution is 2.31. The molecule has 0 aromatic carbocycles. The average Bonchev–Trinajstić information content (AvgIpc) is 2.48. The third-order valence-electron chi connectivity index (χ3n) is 3.47. The molecule has 1 aliphatic carbocycles. The number of hydrogen-bond donors (Lipinski definition) is 4. The Kier molecular flexibility index (Phi) is 6.11. The molecule has 8 nitrogen and oxygen atoms in total. The van der Waals surface area contributed by atoms with Crippen LogP contribution in [0.1, 0.15) is 13.3 Å². The van der Waals surface area contributed by atoms with Crippen LogP contribution in [-0.4, -0.2) is 64.4 Å². The van der Waals surface area contributed by atoms with Crippen LogP contribution in [0.25, 0.3) is 0 Å². The summed E-state index contributed by atoms with van der Waals surface area (Å²) in [5.74, 6) is -2.06. The van der Waals surface area contributed by atoms with Gasteiger partial charge in [0.15, 0.2) is 0 Å². The van der Waals surface area contributed by atoms with E-state index in [4.69, 9.17) is 15.3 Å². The normalized spacial score (nSPS) is 23.9. The van der Waals surface area contributed by atoms with Gasteiger partial charge >= 0.3 is 18.0 Å². The van der Waals surface area contributed by atoms with Gasteiger partial charge in [0.2, 0.25) is 0 Å². The lowest BCUT2D eigenvalue weighted by atomic mass is 9.80. The minimum atomic E-state index is -1.08. The van der Waals surface area contributed by atoms with E-state index in [0.717, 1.165) is 13.1 Å². The monoisotopic (exact) mass is 312 g/mol. The third kappa shape index (κ3) is 4.88. The van der Waals surface area contributed by atoms with E-state index in [9.17, 15) is 14.4 Å². The largest absolute Gasteiger partial charge is 0.481 e. The first kappa shape index (κ1) is 17.7. The fourth-order valence-electron chi connectivity index (χ4n) is 2.04. The van der Waals surface area contributed by atoms with E-state index < -0.39 is 23.4 Å². The number of nitrogens with one attached hydrogen (secondary N) is 1. The summed E-state index contributed by atoms with van der Waals surface area (Å²) in [6.07, 6.45) is 3.63. The maximum atomic E-state index is 10.8. The van der Waals surface area contributed by atoms with Crippen molar-refractivity contribution in [2.24, 2.45) is 5.41 Å². The Bertz CT molecular complexity index is 507. The molecule has 1 aliphatic heterocycles. The highest BCUT2D eigenvalue weighted by atomic mass is 16.4. The molecule has 0 spiro atoms. The van der Waals surface area contributed by atoms with Gasteiger partial charge in [0.05, 0.1) is 5.41 Å². The Hall–Kier alpha value is -2.35. The second-order valence-electron chi connectivity index (χ2n) is 5.28. The van der Waals surface area contributed by atoms with Crippen molar-refractivity contribution in [2.45, 2.75) is 13.3 Å². The minimum absolute atomic E-state index is 0.0359. The molecule has 1 saturated heterocycles. The lowest BCUT2D eigenvalue weighted by molar-refractivity contribution is -0.145. The molecule has 1 unspecified atom stereocenters. The van der Waals surface area contributed by atoms with Crippen LogP contribution < -0.4 is 5.32 Å². The Labute approximate surface area is 127 Å². The molecule has 1 heterocycles. The van der Waals surface area contributed by atoms with Crippen LogP contribution >= 0.6 is 0 Å². The summed E-state index contributed by atoms with van der Waals surface area (Å²) >= 11 is 0. The summed E-state index contributed by atoms with van der Waals surface area (Å²) in [7, 11) is 0. The van der Waals surface area contributed by atoms with Crippen LogP contribution in [0.2, 0.25) is 0 Å². The van der Waals surface area contributed by atoms with Crippen molar-refractivity contribution in [2.75, 3.05) is 26.2 Å². The van der Waals surface area contributed by atoms with E-state index >= 15 is 0 Å². The number of hydrogen-bond acceptors (Lipinski definition) is 4. The Balaban J connectivity index is 0.000000235. The van der Waals surface area contributed by atoms with E-state index in [1.807, 2.05) is 0 Å². The molecule has 0 aromatic rings. The number of allylic oxidation sites excluding steroid dienone is 2. The number of amides is 1. The summed E-state index contributed by atoms with van der Waals surface area (Å²) in [6.45, 7) is 4.31. The number of carbonyl (C=O) groups is 3. The molecular formula is C14H20N2O6. The Morgan fingerprint density at radius 1 is 1.18 bits per heavy atom. The van der Waals surface area contributed by atoms with Crippen molar-refractivity contribution >= 4 is 18.0 Å². The number of carboxylic acids is 2. The first-order valence-electron chi connectivity index (χ1n) is 6.80. The van der Waals surface area contributed by atoms with Gasteiger partial charge in [0, 0.05) is 31.8 Å². The van der Waals surface area contributed by atoms with Gasteiger partial charge in [-0.05, 0) is 13.3 Å². The maximum Gasteiger partial charge on any atom is 0.407 e. The molecule has 0 aromatic heterocycles. The van der Waals surface area contributed by atoms with Crippen molar-refractivity contribution in [3.8, 4) is 0 Å². The number of piperazine rings is 1. The highest BCUT2D eigenvalue weighted by molar-refractivity contribution is 5.90. The van der Waals surface area contributed by atoms with Crippen molar-refractivity contribution in [1.29, 1.82) is 0 Å². The fraction of sp³-hybridized carbons (Fsp3) is 0.500. The quantitative estimate of drug-likeness (QED) is 0.588. The fourth-order valence-corrected chi connectivity index (χ4v) is 2.04. The van der Waals surface area contributed by atoms with Crippen molar-refractivity contribution in [3.05, 3.63) is 23.8 Å². The van der Waals surface area contributed by atoms with E-state index in [2.05, 4.69) is 5.32 Å². The zero-order valence-corrected chi connectivity index (χ0v) is 12.3. The summed E-state index contributed by atoms with van der Waals surface area (Å²) in [4.78, 5) is 33.0. The Morgan fingerprint density at radius 2 is 1.77 bits per heavy atom. The molecule has 2 rings (SSSR count). The number of carboxylic acid groups (broad SMARTS) is 3. The topological polar surface area (TPSA) is 127 Å². The van der Waals surface area contributed by atoms with Crippen molar-refractivity contribution < 1.29 is 29.7 Å². The molecule has 8 heteroatoms. The molecule has 1 atom stereocenters. The molecule has 22 heavy (non-hydrogen) atoms. The second kappa shape index (κ2) is 7.60. The van der Waals surface area contributed by atoms with E-state index in [1.54, 1.807) is 0 Å². The van der Waals surface area contributed by atoms with E-state index in [1.165, 1.54) is 30.1 Å². The zero-order valence-electron chi connectivity index (χ0n) is 12.3. The van der Waals surface area contributed by atoms with Crippen molar-refractivity contribution in [1.82, 2.24) is 10.2 Å². The van der Waals surface area contributed by atoms with Gasteiger partial charge in [-0.15, -0.1) is 0 Å². The first-order valence-corrected chi connectivity index (χ1v) is 6.80. The molecule has 2 aliphatic rings. The number of nitrogens with zero attached hydrogens (tertiary/aromatic N) is 1. The second-order valence-corrected chi connectivity index (χ2v) is 5.28. The third-order valence-corrected chi connectivity index (χ3v) is 3.47. The van der Waals surface area contributed by atoms with Gasteiger partial charge in [0.25, 0.3) is 0 Å². The molecule has 0 radical (unpaired) electrons. The molecular weight excluding hydrogens is 292 g/mol. The van der Waals surface area contributed by atoms with Crippen LogP contribution in [0.5, 0.6) is 0 Å². The van der Waals surface area contributed by atoms with Crippen molar-refractivity contribution in [3.63, 3.8) is 0 Å². The number of rotatable bonds is 2. The van der Waals surface area contributed by atoms with Crippen LogP contribution in [0.4, 0.5) is 4.79 Å². The summed E-state index contributed by atoms with van der Waals surface area (Å²) in [5.41, 5.74) is -0.949. The van der Waals surface area contributed by atoms with Gasteiger partial charge in [-0.3, -0.25) is 4.79 Å². The molecule has 0 bridgehead atoms.